The second-order valence-corrected chi connectivity index (χ2v) is 26.3. The van der Waals surface area contributed by atoms with Gasteiger partial charge in [0.05, 0.1) is 25.4 Å². The molecule has 0 radical (unpaired) electrons. The van der Waals surface area contributed by atoms with Crippen LogP contribution in [-0.2, 0) is 14.3 Å². The molecule has 496 valence electrons. The van der Waals surface area contributed by atoms with E-state index >= 15 is 0 Å². The molecule has 6 heteroatoms. The summed E-state index contributed by atoms with van der Waals surface area (Å²) in [5.41, 5.74) is 0. The minimum absolute atomic E-state index is 0.0121. The lowest BCUT2D eigenvalue weighted by atomic mass is 10.0. The summed E-state index contributed by atoms with van der Waals surface area (Å²) in [6, 6.07) is -0.629. The highest BCUT2D eigenvalue weighted by molar-refractivity contribution is 5.76. The molecule has 0 aliphatic heterocycles. The Labute approximate surface area is 525 Å². The fourth-order valence-corrected chi connectivity index (χ4v) is 12.1. The van der Waals surface area contributed by atoms with E-state index in [1.54, 1.807) is 6.08 Å². The van der Waals surface area contributed by atoms with E-state index in [1.807, 2.05) is 6.08 Å². The number of aliphatic hydroxyl groups excluding tert-OH is 2. The molecule has 0 bridgehead atoms. The van der Waals surface area contributed by atoms with Gasteiger partial charge in [-0.25, -0.2) is 0 Å². The highest BCUT2D eigenvalue weighted by Crippen LogP contribution is 2.19. The third-order valence-corrected chi connectivity index (χ3v) is 17.9. The maximum atomic E-state index is 12.5. The number of rotatable bonds is 72. The van der Waals surface area contributed by atoms with Gasteiger partial charge < -0.3 is 20.3 Å². The van der Waals surface area contributed by atoms with Crippen molar-refractivity contribution in [2.24, 2.45) is 0 Å². The van der Waals surface area contributed by atoms with Gasteiger partial charge in [0.15, 0.2) is 0 Å². The molecule has 2 unspecified atom stereocenters. The van der Waals surface area contributed by atoms with Gasteiger partial charge in [0.1, 0.15) is 0 Å². The summed E-state index contributed by atoms with van der Waals surface area (Å²) in [6.07, 6.45) is 95.3. The maximum Gasteiger partial charge on any atom is 0.305 e. The number of hydrogen-bond acceptors (Lipinski definition) is 5. The molecule has 2 atom stereocenters. The van der Waals surface area contributed by atoms with E-state index < -0.39 is 12.1 Å². The van der Waals surface area contributed by atoms with Gasteiger partial charge in [0, 0.05) is 12.8 Å². The number of unbranched alkanes of at least 4 members (excludes halogenated alkanes) is 57. The molecule has 3 N–H and O–H groups in total. The molecule has 0 aromatic heterocycles. The van der Waals surface area contributed by atoms with Crippen molar-refractivity contribution in [3.05, 3.63) is 36.5 Å². The molecular formula is C78H149NO5. The minimum Gasteiger partial charge on any atom is -0.466 e. The van der Waals surface area contributed by atoms with Crippen LogP contribution in [0.5, 0.6) is 0 Å². The minimum atomic E-state index is -0.846. The second kappa shape index (κ2) is 73.5. The average molecular weight is 1180 g/mol. The summed E-state index contributed by atoms with van der Waals surface area (Å²) >= 11 is 0. The second-order valence-electron chi connectivity index (χ2n) is 26.3. The third-order valence-electron chi connectivity index (χ3n) is 17.9. The maximum absolute atomic E-state index is 12.5. The number of carbonyl (C=O) groups excluding carboxylic acids is 2. The number of esters is 1. The van der Waals surface area contributed by atoms with Crippen LogP contribution < -0.4 is 5.32 Å². The first-order valence-corrected chi connectivity index (χ1v) is 38.3. The van der Waals surface area contributed by atoms with E-state index in [0.29, 0.717) is 19.4 Å². The van der Waals surface area contributed by atoms with Crippen LogP contribution in [-0.4, -0.2) is 47.4 Å². The van der Waals surface area contributed by atoms with Crippen LogP contribution in [0.1, 0.15) is 425 Å². The molecule has 0 saturated carbocycles. The Balaban J connectivity index is 3.39. The summed E-state index contributed by atoms with van der Waals surface area (Å²) < 4.78 is 5.51. The van der Waals surface area contributed by atoms with E-state index in [9.17, 15) is 19.8 Å². The molecule has 84 heavy (non-hydrogen) atoms. The molecule has 0 heterocycles. The van der Waals surface area contributed by atoms with Crippen molar-refractivity contribution in [3.8, 4) is 0 Å². The van der Waals surface area contributed by atoms with E-state index in [4.69, 9.17) is 4.74 Å². The normalized spacial score (nSPS) is 12.7. The predicted octanol–water partition coefficient (Wildman–Crippen LogP) is 25.0. The van der Waals surface area contributed by atoms with Gasteiger partial charge in [0.25, 0.3) is 0 Å². The summed E-state index contributed by atoms with van der Waals surface area (Å²) in [5, 5.41) is 23.3. The summed E-state index contributed by atoms with van der Waals surface area (Å²) in [7, 11) is 0. The number of amides is 1. The Morgan fingerprint density at radius 1 is 0.333 bits per heavy atom. The molecule has 0 aliphatic carbocycles. The lowest BCUT2D eigenvalue weighted by Gasteiger charge is -2.20. The largest absolute Gasteiger partial charge is 0.466 e. The Morgan fingerprint density at radius 2 is 0.595 bits per heavy atom. The Morgan fingerprint density at radius 3 is 0.929 bits per heavy atom. The van der Waals surface area contributed by atoms with Gasteiger partial charge in [-0.15, -0.1) is 0 Å². The topological polar surface area (TPSA) is 95.9 Å². The van der Waals surface area contributed by atoms with Crippen LogP contribution in [0.25, 0.3) is 0 Å². The third kappa shape index (κ3) is 69.2. The lowest BCUT2D eigenvalue weighted by Crippen LogP contribution is -2.45. The molecule has 6 nitrogen and oxygen atoms in total. The average Bonchev–Trinajstić information content (AvgIpc) is 3.51. The van der Waals surface area contributed by atoms with Gasteiger partial charge in [-0.05, 0) is 64.2 Å². The van der Waals surface area contributed by atoms with Crippen LogP contribution in [0.15, 0.2) is 36.5 Å². The first-order valence-electron chi connectivity index (χ1n) is 38.3. The zero-order chi connectivity index (χ0) is 60.6. The van der Waals surface area contributed by atoms with E-state index in [-0.39, 0.29) is 18.5 Å². The van der Waals surface area contributed by atoms with Crippen LogP contribution in [0.4, 0.5) is 0 Å². The Hall–Kier alpha value is -1.92. The van der Waals surface area contributed by atoms with Crippen LogP contribution >= 0.6 is 0 Å². The predicted molar refractivity (Wildman–Crippen MR) is 370 cm³/mol. The van der Waals surface area contributed by atoms with E-state index in [2.05, 4.69) is 43.5 Å². The zero-order valence-corrected chi connectivity index (χ0v) is 56.9. The molecule has 0 spiro atoms. The lowest BCUT2D eigenvalue weighted by molar-refractivity contribution is -0.143. The molecule has 0 rings (SSSR count). The number of hydrogen-bond donors (Lipinski definition) is 3. The van der Waals surface area contributed by atoms with E-state index in [0.717, 1.165) is 51.4 Å². The summed E-state index contributed by atoms with van der Waals surface area (Å²) in [4.78, 5) is 24.7. The molecule has 1 amide bonds. The van der Waals surface area contributed by atoms with Gasteiger partial charge >= 0.3 is 5.97 Å². The van der Waals surface area contributed by atoms with Crippen molar-refractivity contribution in [1.82, 2.24) is 5.32 Å². The molecular weight excluding hydrogens is 1030 g/mol. The fourth-order valence-electron chi connectivity index (χ4n) is 12.1. The molecule has 0 aromatic carbocycles. The van der Waals surface area contributed by atoms with Crippen molar-refractivity contribution in [2.45, 2.75) is 437 Å². The van der Waals surface area contributed by atoms with Crippen LogP contribution in [0.2, 0.25) is 0 Å². The summed E-state index contributed by atoms with van der Waals surface area (Å²) in [6.45, 7) is 4.92. The van der Waals surface area contributed by atoms with Crippen molar-refractivity contribution in [1.29, 1.82) is 0 Å². The monoisotopic (exact) mass is 1180 g/mol. The standard InChI is InChI=1S/C78H149NO5/c1-3-5-7-9-11-13-15-17-19-21-23-24-25-28-31-35-38-42-46-50-54-58-62-66-70-76(81)75(74-80)79-77(82)71-67-63-59-55-51-47-43-39-36-32-29-26-27-30-33-37-41-45-49-53-57-61-65-69-73-84-78(83)72-68-64-60-56-52-48-44-40-34-22-20-18-16-14-12-10-8-6-4-2/h12,14,18,20,66,70,75-76,80-81H,3-11,13,15-17,19,21-65,67-69,71-74H2,1-2H3,(H,79,82)/b14-12-,20-18-,70-66+. The fraction of sp³-hybridized carbons (Fsp3) is 0.897. The number of aliphatic hydroxyl groups is 2. The van der Waals surface area contributed by atoms with Crippen molar-refractivity contribution in [3.63, 3.8) is 0 Å². The van der Waals surface area contributed by atoms with Crippen LogP contribution in [0.3, 0.4) is 0 Å². The zero-order valence-electron chi connectivity index (χ0n) is 56.9. The van der Waals surface area contributed by atoms with Crippen molar-refractivity contribution >= 4 is 11.9 Å². The first-order chi connectivity index (χ1) is 41.5. The quantitative estimate of drug-likeness (QED) is 0.0320. The summed E-state index contributed by atoms with van der Waals surface area (Å²) in [5.74, 6) is -0.0501. The molecule has 0 fully saturated rings. The highest BCUT2D eigenvalue weighted by Gasteiger charge is 2.18. The van der Waals surface area contributed by atoms with E-state index in [1.165, 1.54) is 347 Å². The Bertz CT molecular complexity index is 1360. The van der Waals surface area contributed by atoms with Gasteiger partial charge in [0.2, 0.25) is 5.91 Å². The van der Waals surface area contributed by atoms with Crippen molar-refractivity contribution < 1.29 is 24.5 Å². The first kappa shape index (κ1) is 82.1. The number of nitrogens with one attached hydrogen (secondary N) is 1. The van der Waals surface area contributed by atoms with Gasteiger partial charge in [-0.3, -0.25) is 9.59 Å². The van der Waals surface area contributed by atoms with Gasteiger partial charge in [-0.1, -0.05) is 384 Å². The number of ether oxygens (including phenoxy) is 1. The smallest absolute Gasteiger partial charge is 0.305 e. The molecule has 0 saturated heterocycles. The number of carbonyl (C=O) groups is 2. The molecule has 0 aliphatic rings. The Kier molecular flexibility index (Phi) is 71.9. The van der Waals surface area contributed by atoms with Crippen LogP contribution in [0, 0.1) is 0 Å². The highest BCUT2D eigenvalue weighted by atomic mass is 16.5. The number of allylic oxidation sites excluding steroid dienone is 5. The van der Waals surface area contributed by atoms with Gasteiger partial charge in [-0.2, -0.15) is 0 Å². The van der Waals surface area contributed by atoms with Crippen molar-refractivity contribution in [2.75, 3.05) is 13.2 Å². The molecule has 0 aromatic rings. The SMILES string of the molecule is CCCCC/C=C\C/C=C\CCCCCCCCCCCC(=O)OCCCCCCCCCCCCCCCCCCCCCCCCCCC(=O)NC(CO)C(O)/C=C/CCCCCCCCCCCCCCCCCCCCCCCC.